The molecule has 0 bridgehead atoms. The van der Waals surface area contributed by atoms with Crippen molar-refractivity contribution in [2.75, 3.05) is 16.5 Å². The number of nitrogens with zero attached hydrogens (tertiary/aromatic N) is 4. The Morgan fingerprint density at radius 1 is 1.22 bits per heavy atom. The summed E-state index contributed by atoms with van der Waals surface area (Å²) in [5, 5.41) is 20.7. The predicted molar refractivity (Wildman–Crippen MR) is 131 cm³/mol. The standard InChI is InChI=1S/C26H41N5O/c1-18-8-7-9-21-25(18,5)11-10-19(2)26(21,6)13-12-24(4)14-15-30(16-27)22-20(3)28-17-29-23(22)31(24)32/h16-17,19,21,27,32H,1,7-15H2,2-6H3/t19-,21+,24+,25-,26-/m1/s1. The number of hydrogen-bond donors (Lipinski definition) is 2. The smallest absolute Gasteiger partial charge is 0.180 e. The molecule has 1 aromatic heterocycles. The van der Waals surface area contributed by atoms with Crippen LogP contribution < -0.4 is 9.96 Å². The molecule has 5 atom stereocenters. The lowest BCUT2D eigenvalue weighted by Gasteiger charge is -2.59. The van der Waals surface area contributed by atoms with Gasteiger partial charge in [0, 0.05) is 6.54 Å². The molecule has 2 aliphatic carbocycles. The molecule has 2 fully saturated rings. The molecule has 0 amide bonds. The highest BCUT2D eigenvalue weighted by Gasteiger charge is 2.54. The monoisotopic (exact) mass is 439 g/mol. The summed E-state index contributed by atoms with van der Waals surface area (Å²) in [5.74, 6) is 1.82. The SMILES string of the molecule is C=C1CCC[C@@H]2[C@](C)(CC[C@@]3(C)CCN(C=N)c4c(C)ncnc4N3O)[C@H](C)CC[C@]12C. The van der Waals surface area contributed by atoms with E-state index in [1.54, 1.807) is 0 Å². The van der Waals surface area contributed by atoms with Gasteiger partial charge < -0.3 is 4.90 Å². The Bertz CT molecular complexity index is 902. The minimum Gasteiger partial charge on any atom is -0.328 e. The van der Waals surface area contributed by atoms with Crippen molar-refractivity contribution >= 4 is 17.8 Å². The van der Waals surface area contributed by atoms with Crippen molar-refractivity contribution in [2.45, 2.75) is 91.5 Å². The van der Waals surface area contributed by atoms with E-state index >= 15 is 0 Å². The van der Waals surface area contributed by atoms with Gasteiger partial charge in [-0.15, -0.1) is 0 Å². The highest BCUT2D eigenvalue weighted by atomic mass is 16.5. The van der Waals surface area contributed by atoms with Gasteiger partial charge in [0.1, 0.15) is 12.0 Å². The Morgan fingerprint density at radius 2 is 1.97 bits per heavy atom. The molecule has 1 aliphatic heterocycles. The van der Waals surface area contributed by atoms with Gasteiger partial charge >= 0.3 is 0 Å². The van der Waals surface area contributed by atoms with Crippen molar-refractivity contribution in [1.82, 2.24) is 9.97 Å². The molecule has 0 aromatic carbocycles. The Hall–Kier alpha value is -1.95. The van der Waals surface area contributed by atoms with Crippen LogP contribution in [-0.4, -0.2) is 33.6 Å². The number of hydroxylamine groups is 1. The van der Waals surface area contributed by atoms with Crippen LogP contribution in [0.25, 0.3) is 0 Å². The van der Waals surface area contributed by atoms with E-state index in [-0.39, 0.29) is 10.8 Å². The summed E-state index contributed by atoms with van der Waals surface area (Å²) in [6.07, 6.45) is 11.8. The van der Waals surface area contributed by atoms with Crippen LogP contribution in [0.5, 0.6) is 0 Å². The van der Waals surface area contributed by atoms with Gasteiger partial charge in [-0.3, -0.25) is 10.6 Å². The van der Waals surface area contributed by atoms with Crippen LogP contribution >= 0.6 is 0 Å². The van der Waals surface area contributed by atoms with E-state index in [9.17, 15) is 5.21 Å². The van der Waals surface area contributed by atoms with Crippen LogP contribution in [-0.2, 0) is 0 Å². The van der Waals surface area contributed by atoms with E-state index in [4.69, 9.17) is 5.41 Å². The molecule has 0 unspecified atom stereocenters. The number of rotatable bonds is 4. The highest BCUT2D eigenvalue weighted by molar-refractivity contribution is 5.85. The molecular formula is C26H41N5O. The van der Waals surface area contributed by atoms with Crippen LogP contribution in [0.15, 0.2) is 18.5 Å². The average molecular weight is 440 g/mol. The third-order valence-electron chi connectivity index (χ3n) is 9.80. The lowest BCUT2D eigenvalue weighted by Crippen LogP contribution is -2.52. The van der Waals surface area contributed by atoms with Gasteiger partial charge in [-0.25, -0.2) is 15.0 Å². The summed E-state index contributed by atoms with van der Waals surface area (Å²) < 4.78 is 0. The molecule has 2 heterocycles. The second-order valence-electron chi connectivity index (χ2n) is 11.4. The van der Waals surface area contributed by atoms with Crippen molar-refractivity contribution in [3.63, 3.8) is 0 Å². The van der Waals surface area contributed by atoms with Crippen molar-refractivity contribution in [3.8, 4) is 0 Å². The topological polar surface area (TPSA) is 76.3 Å². The zero-order chi connectivity index (χ0) is 23.3. The Kier molecular flexibility index (Phi) is 5.89. The first-order valence-electron chi connectivity index (χ1n) is 12.3. The summed E-state index contributed by atoms with van der Waals surface area (Å²) in [6.45, 7) is 16.6. The van der Waals surface area contributed by atoms with Crippen LogP contribution in [0.2, 0.25) is 0 Å². The average Bonchev–Trinajstić information content (AvgIpc) is 2.88. The third kappa shape index (κ3) is 3.46. The van der Waals surface area contributed by atoms with Crippen molar-refractivity contribution < 1.29 is 5.21 Å². The summed E-state index contributed by atoms with van der Waals surface area (Å²) in [4.78, 5) is 10.6. The molecule has 1 aromatic rings. The first kappa shape index (κ1) is 23.2. The predicted octanol–water partition coefficient (Wildman–Crippen LogP) is 6.14. The minimum absolute atomic E-state index is 0.220. The fraction of sp³-hybridized carbons (Fsp3) is 0.731. The number of anilines is 2. The highest BCUT2D eigenvalue weighted by Crippen LogP contribution is 2.63. The van der Waals surface area contributed by atoms with Gasteiger partial charge in [0.2, 0.25) is 0 Å². The molecule has 176 valence electrons. The van der Waals surface area contributed by atoms with Crippen LogP contribution in [0.3, 0.4) is 0 Å². The van der Waals surface area contributed by atoms with Crippen LogP contribution in [0.1, 0.15) is 84.8 Å². The second kappa shape index (κ2) is 8.12. The van der Waals surface area contributed by atoms with Gasteiger partial charge in [0.15, 0.2) is 5.82 Å². The van der Waals surface area contributed by atoms with E-state index in [1.165, 1.54) is 55.4 Å². The van der Waals surface area contributed by atoms with E-state index in [0.29, 0.717) is 24.2 Å². The molecule has 0 spiro atoms. The fourth-order valence-electron chi connectivity index (χ4n) is 7.07. The van der Waals surface area contributed by atoms with Crippen molar-refractivity contribution in [1.29, 1.82) is 5.41 Å². The Morgan fingerprint density at radius 3 is 2.69 bits per heavy atom. The summed E-state index contributed by atoms with van der Waals surface area (Å²) in [6, 6.07) is 0. The second-order valence-corrected chi connectivity index (χ2v) is 11.4. The maximum Gasteiger partial charge on any atom is 0.180 e. The summed E-state index contributed by atoms with van der Waals surface area (Å²) in [7, 11) is 0. The maximum absolute atomic E-state index is 11.4. The van der Waals surface area contributed by atoms with Gasteiger partial charge in [-0.1, -0.05) is 32.9 Å². The van der Waals surface area contributed by atoms with Gasteiger partial charge in [0.25, 0.3) is 0 Å². The van der Waals surface area contributed by atoms with E-state index in [1.807, 2.05) is 11.8 Å². The quantitative estimate of drug-likeness (QED) is 0.335. The van der Waals surface area contributed by atoms with Gasteiger partial charge in [-0.2, -0.15) is 0 Å². The maximum atomic E-state index is 11.4. The number of aryl methyl sites for hydroxylation is 1. The van der Waals surface area contributed by atoms with Crippen molar-refractivity contribution in [2.24, 2.45) is 22.7 Å². The molecule has 32 heavy (non-hydrogen) atoms. The van der Waals surface area contributed by atoms with E-state index < -0.39 is 5.54 Å². The molecule has 3 aliphatic rings. The molecular weight excluding hydrogens is 398 g/mol. The number of aromatic nitrogens is 2. The molecule has 4 rings (SSSR count). The zero-order valence-corrected chi connectivity index (χ0v) is 20.6. The zero-order valence-electron chi connectivity index (χ0n) is 20.6. The normalized spacial score (nSPS) is 37.5. The number of hydrogen-bond acceptors (Lipinski definition) is 5. The molecule has 2 saturated carbocycles. The largest absolute Gasteiger partial charge is 0.328 e. The number of fused-ring (bicyclic) bond motifs is 2. The Labute approximate surface area is 193 Å². The van der Waals surface area contributed by atoms with Gasteiger partial charge in [-0.05, 0) is 87.9 Å². The molecule has 2 N–H and O–H groups in total. The summed E-state index contributed by atoms with van der Waals surface area (Å²) in [5.41, 5.74) is 3.00. The molecule has 0 radical (unpaired) electrons. The van der Waals surface area contributed by atoms with Crippen LogP contribution in [0.4, 0.5) is 11.5 Å². The third-order valence-corrected chi connectivity index (χ3v) is 9.80. The Balaban J connectivity index is 1.63. The fourth-order valence-corrected chi connectivity index (χ4v) is 7.07. The summed E-state index contributed by atoms with van der Waals surface area (Å²) >= 11 is 0. The number of allylic oxidation sites excluding steroid dienone is 1. The van der Waals surface area contributed by atoms with E-state index in [2.05, 4.69) is 44.2 Å². The minimum atomic E-state index is -0.449. The molecule has 6 nitrogen and oxygen atoms in total. The van der Waals surface area contributed by atoms with E-state index in [0.717, 1.165) is 30.6 Å². The lowest BCUT2D eigenvalue weighted by atomic mass is 9.46. The number of nitrogens with one attached hydrogen (secondary N) is 1. The van der Waals surface area contributed by atoms with Crippen LogP contribution in [0, 0.1) is 35.0 Å². The lowest BCUT2D eigenvalue weighted by molar-refractivity contribution is -0.0603. The van der Waals surface area contributed by atoms with Crippen molar-refractivity contribution in [3.05, 3.63) is 24.2 Å². The molecule has 6 heteroatoms. The first-order chi connectivity index (χ1) is 15.1. The first-order valence-corrected chi connectivity index (χ1v) is 12.3. The van der Waals surface area contributed by atoms with Gasteiger partial charge in [0.05, 0.1) is 17.6 Å². The molecule has 0 saturated heterocycles.